The van der Waals surface area contributed by atoms with E-state index in [0.717, 1.165) is 13.0 Å². The molecular formula is C14H17NOS. The summed E-state index contributed by atoms with van der Waals surface area (Å²) in [5, 5.41) is 1.39. The van der Waals surface area contributed by atoms with Gasteiger partial charge in [0.1, 0.15) is 0 Å². The molecule has 90 valence electrons. The third-order valence-corrected chi connectivity index (χ3v) is 4.92. The van der Waals surface area contributed by atoms with Gasteiger partial charge in [-0.1, -0.05) is 6.07 Å². The van der Waals surface area contributed by atoms with Crippen LogP contribution in [0.1, 0.15) is 27.7 Å². The van der Waals surface area contributed by atoms with Crippen LogP contribution < -0.4 is 5.73 Å². The first-order chi connectivity index (χ1) is 8.22. The Bertz CT molecular complexity index is 573. The molecule has 3 rings (SSSR count). The third-order valence-electron chi connectivity index (χ3n) is 3.68. The average Bonchev–Trinajstić information content (AvgIpc) is 2.72. The van der Waals surface area contributed by atoms with Gasteiger partial charge < -0.3 is 10.5 Å². The maximum absolute atomic E-state index is 5.84. The van der Waals surface area contributed by atoms with Gasteiger partial charge in [-0.3, -0.25) is 0 Å². The van der Waals surface area contributed by atoms with E-state index in [9.17, 15) is 0 Å². The Balaban J connectivity index is 2.34. The Kier molecular flexibility index (Phi) is 2.69. The highest BCUT2D eigenvalue weighted by Gasteiger charge is 2.25. The Labute approximate surface area is 105 Å². The maximum atomic E-state index is 5.84. The molecule has 3 heteroatoms. The number of nitrogens with two attached hydrogens (primary N) is 1. The van der Waals surface area contributed by atoms with E-state index in [1.165, 1.54) is 31.7 Å². The van der Waals surface area contributed by atoms with Crippen LogP contribution in [0.25, 0.3) is 10.1 Å². The van der Waals surface area contributed by atoms with E-state index in [4.69, 9.17) is 10.5 Å². The molecule has 0 spiro atoms. The monoisotopic (exact) mass is 247 g/mol. The number of fused-ring (bicyclic) bond motifs is 3. The number of rotatable bonds is 1. The summed E-state index contributed by atoms with van der Waals surface area (Å²) in [6.07, 6.45) is 1.12. The van der Waals surface area contributed by atoms with E-state index >= 15 is 0 Å². The van der Waals surface area contributed by atoms with E-state index in [1.807, 2.05) is 11.3 Å². The summed E-state index contributed by atoms with van der Waals surface area (Å²) in [7, 11) is 0. The van der Waals surface area contributed by atoms with E-state index in [0.29, 0.717) is 6.54 Å². The summed E-state index contributed by atoms with van der Waals surface area (Å²) in [6.45, 7) is 5.75. The molecule has 0 bridgehead atoms. The number of hydrogen-bond acceptors (Lipinski definition) is 3. The SMILES string of the molecule is Cc1ccc2sc3c(c2c1C)C(CN)OCC3. The van der Waals surface area contributed by atoms with E-state index < -0.39 is 0 Å². The van der Waals surface area contributed by atoms with Gasteiger partial charge in [0.2, 0.25) is 0 Å². The van der Waals surface area contributed by atoms with Crippen molar-refractivity contribution in [1.82, 2.24) is 0 Å². The molecule has 0 fully saturated rings. The van der Waals surface area contributed by atoms with Crippen LogP contribution in [-0.4, -0.2) is 13.2 Å². The van der Waals surface area contributed by atoms with Gasteiger partial charge in [-0.05, 0) is 31.0 Å². The molecule has 0 amide bonds. The van der Waals surface area contributed by atoms with Gasteiger partial charge in [0, 0.05) is 33.5 Å². The van der Waals surface area contributed by atoms with Crippen LogP contribution in [0.2, 0.25) is 0 Å². The van der Waals surface area contributed by atoms with Crippen LogP contribution in [0, 0.1) is 13.8 Å². The van der Waals surface area contributed by atoms with Crippen LogP contribution >= 0.6 is 11.3 Å². The minimum absolute atomic E-state index is 0.0907. The minimum Gasteiger partial charge on any atom is -0.372 e. The van der Waals surface area contributed by atoms with E-state index in [-0.39, 0.29) is 6.10 Å². The van der Waals surface area contributed by atoms with Crippen molar-refractivity contribution in [3.8, 4) is 0 Å². The molecule has 17 heavy (non-hydrogen) atoms. The first kappa shape index (κ1) is 11.2. The number of aryl methyl sites for hydroxylation is 2. The number of thiophene rings is 1. The van der Waals surface area contributed by atoms with E-state index in [1.54, 1.807) is 0 Å². The van der Waals surface area contributed by atoms with Gasteiger partial charge in [0.05, 0.1) is 12.7 Å². The van der Waals surface area contributed by atoms with E-state index in [2.05, 4.69) is 26.0 Å². The smallest absolute Gasteiger partial charge is 0.0964 e. The van der Waals surface area contributed by atoms with Crippen molar-refractivity contribution in [1.29, 1.82) is 0 Å². The van der Waals surface area contributed by atoms with Crippen molar-refractivity contribution < 1.29 is 4.74 Å². The third kappa shape index (κ3) is 1.61. The Morgan fingerprint density at radius 1 is 1.41 bits per heavy atom. The zero-order valence-electron chi connectivity index (χ0n) is 10.2. The summed E-state index contributed by atoms with van der Waals surface area (Å²) < 4.78 is 7.17. The van der Waals surface area contributed by atoms with Crippen molar-refractivity contribution in [3.63, 3.8) is 0 Å². The zero-order valence-corrected chi connectivity index (χ0v) is 11.1. The number of benzene rings is 1. The first-order valence-corrected chi connectivity index (χ1v) is 6.87. The van der Waals surface area contributed by atoms with Crippen molar-refractivity contribution in [2.45, 2.75) is 26.4 Å². The maximum Gasteiger partial charge on any atom is 0.0964 e. The van der Waals surface area contributed by atoms with Crippen LogP contribution in [0.4, 0.5) is 0 Å². The van der Waals surface area contributed by atoms with Crippen molar-refractivity contribution in [3.05, 3.63) is 33.7 Å². The summed E-state index contributed by atoms with van der Waals surface area (Å²) in [6, 6.07) is 4.44. The molecule has 2 heterocycles. The molecule has 1 aliphatic rings. The van der Waals surface area contributed by atoms with Crippen molar-refractivity contribution in [2.24, 2.45) is 5.73 Å². The molecule has 0 radical (unpaired) electrons. The summed E-state index contributed by atoms with van der Waals surface area (Å²) in [5.74, 6) is 0. The summed E-state index contributed by atoms with van der Waals surface area (Å²) in [5.41, 5.74) is 9.92. The second kappa shape index (κ2) is 4.09. The zero-order chi connectivity index (χ0) is 12.0. The summed E-state index contributed by atoms with van der Waals surface area (Å²) in [4.78, 5) is 1.47. The Morgan fingerprint density at radius 3 is 3.00 bits per heavy atom. The van der Waals surface area contributed by atoms with Crippen LogP contribution in [0.5, 0.6) is 0 Å². The molecule has 0 saturated heterocycles. The van der Waals surface area contributed by atoms with Crippen molar-refractivity contribution >= 4 is 21.4 Å². The molecule has 1 unspecified atom stereocenters. The van der Waals surface area contributed by atoms with Crippen molar-refractivity contribution in [2.75, 3.05) is 13.2 Å². The highest BCUT2D eigenvalue weighted by molar-refractivity contribution is 7.19. The Morgan fingerprint density at radius 2 is 2.24 bits per heavy atom. The largest absolute Gasteiger partial charge is 0.372 e. The molecule has 0 aliphatic carbocycles. The molecule has 0 saturated carbocycles. The van der Waals surface area contributed by atoms with Gasteiger partial charge in [0.15, 0.2) is 0 Å². The fourth-order valence-electron chi connectivity index (χ4n) is 2.63. The molecule has 1 aliphatic heterocycles. The molecular weight excluding hydrogens is 230 g/mol. The van der Waals surface area contributed by atoms with Gasteiger partial charge in [-0.2, -0.15) is 0 Å². The molecule has 2 N–H and O–H groups in total. The molecule has 2 nitrogen and oxygen atoms in total. The standard InChI is InChI=1S/C14H17NOS/c1-8-3-4-11-13(9(8)2)14-10(7-15)16-6-5-12(14)17-11/h3-4,10H,5-7,15H2,1-2H3. The topological polar surface area (TPSA) is 35.2 Å². The van der Waals surface area contributed by atoms with Gasteiger partial charge in [-0.15, -0.1) is 11.3 Å². The quantitative estimate of drug-likeness (QED) is 0.840. The predicted molar refractivity (Wildman–Crippen MR) is 72.8 cm³/mol. The fourth-order valence-corrected chi connectivity index (χ4v) is 3.92. The molecule has 1 aromatic carbocycles. The second-order valence-electron chi connectivity index (χ2n) is 4.66. The van der Waals surface area contributed by atoms with Crippen LogP contribution in [0.3, 0.4) is 0 Å². The predicted octanol–water partition coefficient (Wildman–Crippen LogP) is 3.09. The normalized spacial score (nSPS) is 19.6. The lowest BCUT2D eigenvalue weighted by atomic mass is 9.96. The highest BCUT2D eigenvalue weighted by Crippen LogP contribution is 2.41. The highest BCUT2D eigenvalue weighted by atomic mass is 32.1. The second-order valence-corrected chi connectivity index (χ2v) is 5.80. The fraction of sp³-hybridized carbons (Fsp3) is 0.429. The van der Waals surface area contributed by atoms with Crippen LogP contribution in [-0.2, 0) is 11.2 Å². The van der Waals surface area contributed by atoms with Crippen LogP contribution in [0.15, 0.2) is 12.1 Å². The molecule has 1 aromatic heterocycles. The minimum atomic E-state index is 0.0907. The Hall–Kier alpha value is -0.900. The average molecular weight is 247 g/mol. The lowest BCUT2D eigenvalue weighted by Gasteiger charge is -2.23. The van der Waals surface area contributed by atoms with Gasteiger partial charge in [-0.25, -0.2) is 0 Å². The number of hydrogen-bond donors (Lipinski definition) is 1. The lowest BCUT2D eigenvalue weighted by Crippen LogP contribution is -2.21. The molecule has 1 atom stereocenters. The van der Waals surface area contributed by atoms with Gasteiger partial charge >= 0.3 is 0 Å². The van der Waals surface area contributed by atoms with Gasteiger partial charge in [0.25, 0.3) is 0 Å². The number of ether oxygens (including phenoxy) is 1. The lowest BCUT2D eigenvalue weighted by molar-refractivity contribution is 0.0508. The first-order valence-electron chi connectivity index (χ1n) is 6.05. The molecule has 2 aromatic rings. The summed E-state index contributed by atoms with van der Waals surface area (Å²) >= 11 is 1.91.